The molecule has 0 saturated carbocycles. The van der Waals surface area contributed by atoms with Gasteiger partial charge in [-0.1, -0.05) is 0 Å². The topological polar surface area (TPSA) is 74.3 Å². The quantitative estimate of drug-likeness (QED) is 0.863. The number of likely N-dealkylation sites (tertiary alicyclic amines) is 1. The van der Waals surface area contributed by atoms with E-state index < -0.39 is 0 Å². The number of carbonyl (C=O) groups excluding carboxylic acids is 2. The van der Waals surface area contributed by atoms with E-state index in [2.05, 4.69) is 31.5 Å². The van der Waals surface area contributed by atoms with Crippen molar-refractivity contribution in [2.24, 2.45) is 0 Å². The van der Waals surface area contributed by atoms with Gasteiger partial charge in [0.05, 0.1) is 5.69 Å². The number of aryl methyl sites for hydroxylation is 1. The van der Waals surface area contributed by atoms with Crippen LogP contribution in [-0.2, 0) is 4.79 Å². The molecule has 2 heterocycles. The predicted molar refractivity (Wildman–Crippen MR) is 79.5 cm³/mol. The highest BCUT2D eigenvalue weighted by molar-refractivity contribution is 9.10. The van der Waals surface area contributed by atoms with Crippen molar-refractivity contribution in [3.8, 4) is 0 Å². The Morgan fingerprint density at radius 2 is 2.25 bits per heavy atom. The average molecular weight is 341 g/mol. The summed E-state index contributed by atoms with van der Waals surface area (Å²) in [5.74, 6) is 0.622. The summed E-state index contributed by atoms with van der Waals surface area (Å²) in [4.78, 5) is 29.1. The molecule has 108 valence electrons. The van der Waals surface area contributed by atoms with E-state index in [1.54, 1.807) is 18.0 Å². The van der Waals surface area contributed by atoms with Crippen LogP contribution in [0.25, 0.3) is 0 Å². The Balaban J connectivity index is 1.89. The third-order valence-corrected chi connectivity index (χ3v) is 4.06. The third-order valence-electron chi connectivity index (χ3n) is 3.22. The largest absolute Gasteiger partial charge is 0.344 e. The Labute approximate surface area is 126 Å². The van der Waals surface area contributed by atoms with Crippen LogP contribution in [0.5, 0.6) is 0 Å². The van der Waals surface area contributed by atoms with Crippen molar-refractivity contribution in [3.63, 3.8) is 0 Å². The van der Waals surface area contributed by atoms with Crippen molar-refractivity contribution in [1.29, 1.82) is 0 Å². The summed E-state index contributed by atoms with van der Waals surface area (Å²) in [5, 5.41) is 5.55. The lowest BCUT2D eigenvalue weighted by molar-refractivity contribution is -0.132. The lowest BCUT2D eigenvalue weighted by atomic mass is 10.1. The van der Waals surface area contributed by atoms with E-state index in [1.807, 2.05) is 13.0 Å². The molecule has 0 aliphatic carbocycles. The van der Waals surface area contributed by atoms with E-state index in [4.69, 9.17) is 0 Å². The molecular weight excluding hydrogens is 324 g/mol. The van der Waals surface area contributed by atoms with Crippen LogP contribution in [0.1, 0.15) is 18.5 Å². The number of urea groups is 1. The number of anilines is 1. The summed E-state index contributed by atoms with van der Waals surface area (Å²) >= 11 is 3.36. The van der Waals surface area contributed by atoms with Crippen LogP contribution in [-0.4, -0.2) is 41.5 Å². The number of nitrogens with one attached hydrogen (secondary N) is 2. The van der Waals surface area contributed by atoms with E-state index in [0.29, 0.717) is 25.2 Å². The predicted octanol–water partition coefficient (Wildman–Crippen LogP) is 1.89. The second kappa shape index (κ2) is 6.21. The maximum Gasteiger partial charge on any atom is 0.320 e. The van der Waals surface area contributed by atoms with Crippen LogP contribution in [0.15, 0.2) is 16.6 Å². The second-order valence-corrected chi connectivity index (χ2v) is 5.73. The van der Waals surface area contributed by atoms with Gasteiger partial charge in [0.2, 0.25) is 5.91 Å². The van der Waals surface area contributed by atoms with Gasteiger partial charge in [-0.05, 0) is 41.4 Å². The van der Waals surface area contributed by atoms with E-state index in [0.717, 1.165) is 10.2 Å². The minimum absolute atomic E-state index is 0.0192. The number of piperidine rings is 1. The van der Waals surface area contributed by atoms with E-state index >= 15 is 0 Å². The van der Waals surface area contributed by atoms with Gasteiger partial charge in [0.15, 0.2) is 0 Å². The molecule has 0 radical (unpaired) electrons. The molecule has 2 rings (SSSR count). The van der Waals surface area contributed by atoms with Crippen LogP contribution in [0.2, 0.25) is 0 Å². The number of hydrogen-bond acceptors (Lipinski definition) is 3. The molecular formula is C13H17BrN4O2. The number of nitrogens with zero attached hydrogens (tertiary/aromatic N) is 2. The zero-order valence-corrected chi connectivity index (χ0v) is 13.0. The van der Waals surface area contributed by atoms with Crippen molar-refractivity contribution in [2.75, 3.05) is 18.9 Å². The molecule has 2 N–H and O–H groups in total. The molecule has 3 amide bonds. The first kappa shape index (κ1) is 14.8. The monoisotopic (exact) mass is 340 g/mol. The highest BCUT2D eigenvalue weighted by Gasteiger charge is 2.24. The van der Waals surface area contributed by atoms with Gasteiger partial charge in [0, 0.05) is 30.5 Å². The smallest absolute Gasteiger partial charge is 0.320 e. The van der Waals surface area contributed by atoms with Crippen molar-refractivity contribution in [3.05, 3.63) is 22.3 Å². The maximum absolute atomic E-state index is 11.9. The van der Waals surface area contributed by atoms with Crippen LogP contribution >= 0.6 is 15.9 Å². The van der Waals surface area contributed by atoms with Crippen molar-refractivity contribution in [2.45, 2.75) is 25.8 Å². The summed E-state index contributed by atoms with van der Waals surface area (Å²) in [6.07, 6.45) is 1.14. The lowest BCUT2D eigenvalue weighted by Gasteiger charge is -2.30. The summed E-state index contributed by atoms with van der Waals surface area (Å²) in [6.45, 7) is 2.40. The van der Waals surface area contributed by atoms with Crippen molar-refractivity contribution < 1.29 is 9.59 Å². The van der Waals surface area contributed by atoms with Crippen molar-refractivity contribution >= 4 is 33.7 Å². The van der Waals surface area contributed by atoms with Crippen molar-refractivity contribution in [1.82, 2.24) is 15.2 Å². The number of rotatable bonds is 2. The van der Waals surface area contributed by atoms with Gasteiger partial charge in [0.1, 0.15) is 5.82 Å². The molecule has 0 aromatic carbocycles. The Kier molecular flexibility index (Phi) is 4.59. The van der Waals surface area contributed by atoms with Crippen LogP contribution in [0.3, 0.4) is 0 Å². The first-order chi connectivity index (χ1) is 9.45. The molecule has 1 fully saturated rings. The molecule has 20 heavy (non-hydrogen) atoms. The molecule has 0 bridgehead atoms. The normalized spacial score (nSPS) is 18.9. The van der Waals surface area contributed by atoms with Gasteiger partial charge in [0.25, 0.3) is 0 Å². The second-order valence-electron chi connectivity index (χ2n) is 4.87. The first-order valence-corrected chi connectivity index (χ1v) is 7.19. The number of amides is 3. The van der Waals surface area contributed by atoms with Crippen LogP contribution in [0.4, 0.5) is 10.6 Å². The summed E-state index contributed by atoms with van der Waals surface area (Å²) < 4.78 is 0.899. The van der Waals surface area contributed by atoms with Gasteiger partial charge in [-0.2, -0.15) is 0 Å². The number of hydrogen-bond donors (Lipinski definition) is 2. The summed E-state index contributed by atoms with van der Waals surface area (Å²) in [7, 11) is 1.74. The van der Waals surface area contributed by atoms with Gasteiger partial charge in [-0.15, -0.1) is 0 Å². The fourth-order valence-electron chi connectivity index (χ4n) is 2.08. The van der Waals surface area contributed by atoms with Gasteiger partial charge >= 0.3 is 6.03 Å². The Morgan fingerprint density at radius 3 is 2.90 bits per heavy atom. The molecule has 1 aliphatic heterocycles. The number of pyridine rings is 1. The fourth-order valence-corrected chi connectivity index (χ4v) is 2.30. The molecule has 1 unspecified atom stereocenters. The Bertz CT molecular complexity index is 535. The fraction of sp³-hybridized carbons (Fsp3) is 0.462. The molecule has 1 aliphatic rings. The highest BCUT2D eigenvalue weighted by Crippen LogP contribution is 2.16. The van der Waals surface area contributed by atoms with Gasteiger partial charge in [-0.25, -0.2) is 9.78 Å². The zero-order chi connectivity index (χ0) is 14.7. The molecule has 1 saturated heterocycles. The lowest BCUT2D eigenvalue weighted by Crippen LogP contribution is -2.49. The minimum Gasteiger partial charge on any atom is -0.344 e. The molecule has 0 spiro atoms. The number of halogens is 1. The standard InChI is InChI=1S/C13H17BrN4O2/c1-8-10(14)4-5-11(15-8)17-13(20)16-9-3-6-12(19)18(2)7-9/h4-5,9H,3,6-7H2,1-2H3,(H2,15,16,17,20). The minimum atomic E-state index is -0.299. The first-order valence-electron chi connectivity index (χ1n) is 6.40. The Morgan fingerprint density at radius 1 is 1.50 bits per heavy atom. The molecule has 6 nitrogen and oxygen atoms in total. The van der Waals surface area contributed by atoms with Gasteiger partial charge in [-0.3, -0.25) is 10.1 Å². The maximum atomic E-state index is 11.9. The number of likely N-dealkylation sites (N-methyl/N-ethyl adjacent to an activating group) is 1. The van der Waals surface area contributed by atoms with E-state index in [-0.39, 0.29) is 18.0 Å². The Hall–Kier alpha value is -1.63. The van der Waals surface area contributed by atoms with Crippen LogP contribution < -0.4 is 10.6 Å². The highest BCUT2D eigenvalue weighted by atomic mass is 79.9. The number of carbonyl (C=O) groups is 2. The number of aromatic nitrogens is 1. The zero-order valence-electron chi connectivity index (χ0n) is 11.4. The SMILES string of the molecule is Cc1nc(NC(=O)NC2CCC(=O)N(C)C2)ccc1Br. The molecule has 7 heteroatoms. The molecule has 1 atom stereocenters. The molecule has 1 aromatic rings. The summed E-state index contributed by atoms with van der Waals surface area (Å²) in [6, 6.07) is 3.25. The molecule has 1 aromatic heterocycles. The van der Waals surface area contributed by atoms with Gasteiger partial charge < -0.3 is 10.2 Å². The third kappa shape index (κ3) is 3.69. The average Bonchev–Trinajstić information content (AvgIpc) is 2.38. The van der Waals surface area contributed by atoms with E-state index in [9.17, 15) is 9.59 Å². The summed E-state index contributed by atoms with van der Waals surface area (Å²) in [5.41, 5.74) is 0.811. The van der Waals surface area contributed by atoms with E-state index in [1.165, 1.54) is 0 Å². The van der Waals surface area contributed by atoms with Crippen LogP contribution in [0, 0.1) is 6.92 Å².